The van der Waals surface area contributed by atoms with Gasteiger partial charge in [0.25, 0.3) is 5.91 Å². The third kappa shape index (κ3) is 4.18. The van der Waals surface area contributed by atoms with Crippen LogP contribution in [0.5, 0.6) is 5.75 Å². The highest BCUT2D eigenvalue weighted by Gasteiger charge is 2.14. The summed E-state index contributed by atoms with van der Waals surface area (Å²) in [6.07, 6.45) is 5.54. The van der Waals surface area contributed by atoms with E-state index in [-0.39, 0.29) is 11.3 Å². The molecule has 0 N–H and O–H groups in total. The summed E-state index contributed by atoms with van der Waals surface area (Å²) >= 11 is 1.43. The van der Waals surface area contributed by atoms with Gasteiger partial charge < -0.3 is 9.30 Å². The van der Waals surface area contributed by atoms with Crippen LogP contribution in [0.2, 0.25) is 0 Å². The summed E-state index contributed by atoms with van der Waals surface area (Å²) in [5.74, 6) is 3.16. The molecule has 28 heavy (non-hydrogen) atoms. The zero-order valence-electron chi connectivity index (χ0n) is 16.7. The normalized spacial score (nSPS) is 12.2. The molecule has 0 bridgehead atoms. The quantitative estimate of drug-likeness (QED) is 0.600. The van der Waals surface area contributed by atoms with Crippen molar-refractivity contribution in [2.75, 3.05) is 6.61 Å². The number of benzene rings is 2. The fourth-order valence-electron chi connectivity index (χ4n) is 2.90. The monoisotopic (exact) mass is 392 g/mol. The lowest BCUT2D eigenvalue weighted by molar-refractivity contribution is 0.0998. The van der Waals surface area contributed by atoms with Crippen LogP contribution in [0, 0.1) is 12.3 Å². The zero-order valence-corrected chi connectivity index (χ0v) is 17.5. The fourth-order valence-corrected chi connectivity index (χ4v) is 3.96. The summed E-state index contributed by atoms with van der Waals surface area (Å²) in [6, 6.07) is 13.4. The van der Waals surface area contributed by atoms with Gasteiger partial charge in [0, 0.05) is 5.56 Å². The molecule has 1 aromatic heterocycles. The minimum absolute atomic E-state index is 0.0400. The van der Waals surface area contributed by atoms with Crippen molar-refractivity contribution >= 4 is 27.5 Å². The molecule has 0 radical (unpaired) electrons. The predicted molar refractivity (Wildman–Crippen MR) is 115 cm³/mol. The van der Waals surface area contributed by atoms with Gasteiger partial charge in [-0.1, -0.05) is 50.2 Å². The molecule has 0 saturated heterocycles. The summed E-state index contributed by atoms with van der Waals surface area (Å²) in [6.45, 7) is 9.33. The molecule has 3 aromatic rings. The molecule has 2 aromatic carbocycles. The maximum absolute atomic E-state index is 12.7. The Hall–Kier alpha value is -2.84. The number of terminal acetylenes is 1. The molecule has 0 fully saturated rings. The van der Waals surface area contributed by atoms with Gasteiger partial charge in [-0.3, -0.25) is 4.79 Å². The van der Waals surface area contributed by atoms with Gasteiger partial charge in [-0.2, -0.15) is 4.99 Å². The number of hydrogen-bond donors (Lipinski definition) is 0. The van der Waals surface area contributed by atoms with Crippen LogP contribution < -0.4 is 9.54 Å². The number of hydrogen-bond acceptors (Lipinski definition) is 3. The molecule has 0 atom stereocenters. The van der Waals surface area contributed by atoms with E-state index in [4.69, 9.17) is 11.2 Å². The van der Waals surface area contributed by atoms with Crippen LogP contribution in [-0.2, 0) is 12.0 Å². The summed E-state index contributed by atoms with van der Waals surface area (Å²) in [7, 11) is 0. The summed E-state index contributed by atoms with van der Waals surface area (Å²) < 4.78 is 8.44. The maximum atomic E-state index is 12.7. The van der Waals surface area contributed by atoms with Crippen LogP contribution in [0.3, 0.4) is 0 Å². The Bertz CT molecular complexity index is 1110. The molecule has 3 rings (SSSR count). The van der Waals surface area contributed by atoms with Gasteiger partial charge >= 0.3 is 0 Å². The first kappa shape index (κ1) is 19.9. The Kier molecular flexibility index (Phi) is 5.71. The molecule has 0 aliphatic rings. The number of rotatable bonds is 4. The van der Waals surface area contributed by atoms with Crippen molar-refractivity contribution in [3.8, 4) is 18.1 Å². The van der Waals surface area contributed by atoms with E-state index in [9.17, 15) is 4.79 Å². The van der Waals surface area contributed by atoms with Crippen molar-refractivity contribution in [3.63, 3.8) is 0 Å². The molecule has 144 valence electrons. The van der Waals surface area contributed by atoms with Gasteiger partial charge in [-0.15, -0.1) is 6.42 Å². The fraction of sp³-hybridized carbons (Fsp3) is 0.304. The average molecular weight is 393 g/mol. The Morgan fingerprint density at radius 1 is 1.21 bits per heavy atom. The minimum Gasteiger partial charge on any atom is -0.494 e. The zero-order chi connectivity index (χ0) is 20.3. The van der Waals surface area contributed by atoms with Gasteiger partial charge in [0.15, 0.2) is 4.80 Å². The van der Waals surface area contributed by atoms with Gasteiger partial charge in [0.2, 0.25) is 0 Å². The molecule has 0 aliphatic heterocycles. The Labute approximate surface area is 169 Å². The smallest absolute Gasteiger partial charge is 0.279 e. The van der Waals surface area contributed by atoms with E-state index < -0.39 is 0 Å². The number of fused-ring (bicyclic) bond motifs is 1. The maximum Gasteiger partial charge on any atom is 0.279 e. The van der Waals surface area contributed by atoms with Crippen molar-refractivity contribution < 1.29 is 9.53 Å². The number of nitrogens with zero attached hydrogens (tertiary/aromatic N) is 2. The van der Waals surface area contributed by atoms with Crippen LogP contribution in [0.15, 0.2) is 47.5 Å². The summed E-state index contributed by atoms with van der Waals surface area (Å²) in [5.41, 5.74) is 2.73. The van der Waals surface area contributed by atoms with Crippen LogP contribution in [0.4, 0.5) is 0 Å². The van der Waals surface area contributed by atoms with Crippen molar-refractivity contribution in [2.45, 2.75) is 39.7 Å². The number of carbonyl (C=O) groups is 1. The van der Waals surface area contributed by atoms with Crippen LogP contribution in [-0.4, -0.2) is 17.1 Å². The second-order valence-corrected chi connectivity index (χ2v) is 8.49. The summed E-state index contributed by atoms with van der Waals surface area (Å²) in [4.78, 5) is 17.7. The molecule has 5 heteroatoms. The Balaban J connectivity index is 2.03. The van der Waals surface area contributed by atoms with Gasteiger partial charge in [0.1, 0.15) is 5.75 Å². The lowest BCUT2D eigenvalue weighted by Gasteiger charge is -2.18. The Morgan fingerprint density at radius 2 is 1.93 bits per heavy atom. The molecule has 0 saturated carbocycles. The first-order valence-corrected chi connectivity index (χ1v) is 10.0. The predicted octanol–water partition coefficient (Wildman–Crippen LogP) is 4.77. The summed E-state index contributed by atoms with van der Waals surface area (Å²) in [5, 5.41) is 0. The second kappa shape index (κ2) is 8.04. The average Bonchev–Trinajstić information content (AvgIpc) is 2.98. The standard InChI is InChI=1S/C23H24N2O2S/c1-6-14-25-19-13-12-18(27-7-2)15-20(19)28-22(25)24-21(26)16-8-10-17(11-9-16)23(3,4)5/h1,8-13,15H,7,14H2,2-5H3. The lowest BCUT2D eigenvalue weighted by atomic mass is 9.87. The molecule has 0 unspecified atom stereocenters. The first-order chi connectivity index (χ1) is 13.3. The largest absolute Gasteiger partial charge is 0.494 e. The van der Waals surface area contributed by atoms with Crippen LogP contribution >= 0.6 is 11.3 Å². The number of amides is 1. The van der Waals surface area contributed by atoms with E-state index in [1.165, 1.54) is 16.9 Å². The van der Waals surface area contributed by atoms with E-state index >= 15 is 0 Å². The number of ether oxygens (including phenoxy) is 1. The lowest BCUT2D eigenvalue weighted by Crippen LogP contribution is -2.16. The molecular weight excluding hydrogens is 368 g/mol. The van der Waals surface area contributed by atoms with Gasteiger partial charge in [-0.25, -0.2) is 0 Å². The van der Waals surface area contributed by atoms with E-state index in [0.29, 0.717) is 23.5 Å². The molecular formula is C23H24N2O2S. The van der Waals surface area contributed by atoms with E-state index in [2.05, 4.69) is 31.7 Å². The van der Waals surface area contributed by atoms with Crippen molar-refractivity contribution in [1.29, 1.82) is 0 Å². The van der Waals surface area contributed by atoms with Gasteiger partial charge in [0.05, 0.1) is 23.4 Å². The van der Waals surface area contributed by atoms with Crippen molar-refractivity contribution in [1.82, 2.24) is 4.57 Å². The Morgan fingerprint density at radius 3 is 2.54 bits per heavy atom. The van der Waals surface area contributed by atoms with E-state index in [1.54, 1.807) is 0 Å². The topological polar surface area (TPSA) is 43.6 Å². The van der Waals surface area contributed by atoms with E-state index in [0.717, 1.165) is 16.0 Å². The molecule has 1 heterocycles. The minimum atomic E-state index is -0.275. The van der Waals surface area contributed by atoms with Gasteiger partial charge in [-0.05, 0) is 48.2 Å². The van der Waals surface area contributed by atoms with Crippen molar-refractivity contribution in [3.05, 3.63) is 58.4 Å². The number of carbonyl (C=O) groups excluding carboxylic acids is 1. The molecule has 4 nitrogen and oxygen atoms in total. The molecule has 0 spiro atoms. The van der Waals surface area contributed by atoms with Crippen LogP contribution in [0.25, 0.3) is 10.2 Å². The highest BCUT2D eigenvalue weighted by molar-refractivity contribution is 7.16. The number of thiazole rings is 1. The second-order valence-electron chi connectivity index (χ2n) is 7.48. The highest BCUT2D eigenvalue weighted by atomic mass is 32.1. The molecule has 1 amide bonds. The van der Waals surface area contributed by atoms with Crippen molar-refractivity contribution in [2.24, 2.45) is 4.99 Å². The number of aromatic nitrogens is 1. The van der Waals surface area contributed by atoms with E-state index in [1.807, 2.05) is 54.0 Å². The third-order valence-electron chi connectivity index (χ3n) is 4.41. The highest BCUT2D eigenvalue weighted by Crippen LogP contribution is 2.24. The SMILES string of the molecule is C#CCn1c(=NC(=O)c2ccc(C(C)(C)C)cc2)sc2cc(OCC)ccc21. The first-order valence-electron chi connectivity index (χ1n) is 9.22. The van der Waals surface area contributed by atoms with Crippen LogP contribution in [0.1, 0.15) is 43.6 Å². The molecule has 0 aliphatic carbocycles. The third-order valence-corrected chi connectivity index (χ3v) is 5.45.